The first-order chi connectivity index (χ1) is 9.50. The molecule has 0 bridgehead atoms. The molecule has 0 aliphatic rings. The highest BCUT2D eigenvalue weighted by Crippen LogP contribution is 2.17. The smallest absolute Gasteiger partial charge is 0.314 e. The predicted molar refractivity (Wildman–Crippen MR) is 80.6 cm³/mol. The van der Waals surface area contributed by atoms with E-state index in [1.54, 1.807) is 20.8 Å². The van der Waals surface area contributed by atoms with E-state index in [4.69, 9.17) is 10.8 Å². The van der Waals surface area contributed by atoms with Gasteiger partial charge in [0.25, 0.3) is 0 Å². The minimum absolute atomic E-state index is 0.0775. The number of carboxylic acid groups (broad SMARTS) is 1. The van der Waals surface area contributed by atoms with Gasteiger partial charge in [-0.2, -0.15) is 0 Å². The van der Waals surface area contributed by atoms with Crippen molar-refractivity contribution in [3.8, 4) is 0 Å². The molecule has 122 valence electrons. The highest BCUT2D eigenvalue weighted by molar-refractivity contribution is 6.02. The van der Waals surface area contributed by atoms with Gasteiger partial charge in [-0.3, -0.25) is 14.4 Å². The molecule has 6 heteroatoms. The van der Waals surface area contributed by atoms with Crippen molar-refractivity contribution < 1.29 is 19.5 Å². The molecule has 2 atom stereocenters. The predicted octanol–water partition coefficient (Wildman–Crippen LogP) is 1.18. The van der Waals surface area contributed by atoms with Crippen LogP contribution in [-0.2, 0) is 14.4 Å². The molecule has 0 fully saturated rings. The maximum absolute atomic E-state index is 12.4. The Kier molecular flexibility index (Phi) is 7.57. The lowest BCUT2D eigenvalue weighted by atomic mass is 9.88. The van der Waals surface area contributed by atoms with Gasteiger partial charge in [-0.25, -0.2) is 0 Å². The molecule has 1 amide bonds. The summed E-state index contributed by atoms with van der Waals surface area (Å²) >= 11 is 0. The SMILES string of the molecule is CC(C)C[C@H](NC(=O)C(C)(C)C)C(=O)C(CCN)C(=O)O. The van der Waals surface area contributed by atoms with Gasteiger partial charge in [0.05, 0.1) is 6.04 Å². The van der Waals surface area contributed by atoms with E-state index in [0.29, 0.717) is 6.42 Å². The number of hydrogen-bond acceptors (Lipinski definition) is 4. The first-order valence-corrected chi connectivity index (χ1v) is 7.28. The molecule has 0 aromatic carbocycles. The molecule has 0 rings (SSSR count). The van der Waals surface area contributed by atoms with E-state index in [0.717, 1.165) is 0 Å². The van der Waals surface area contributed by atoms with Crippen LogP contribution in [0.15, 0.2) is 0 Å². The second-order valence-electron chi connectivity index (χ2n) is 6.78. The summed E-state index contributed by atoms with van der Waals surface area (Å²) in [6.45, 7) is 9.18. The Balaban J connectivity index is 5.17. The lowest BCUT2D eigenvalue weighted by molar-refractivity contribution is -0.148. The Morgan fingerprint density at radius 2 is 1.71 bits per heavy atom. The minimum atomic E-state index is -1.19. The average Bonchev–Trinajstić information content (AvgIpc) is 2.32. The molecule has 4 N–H and O–H groups in total. The molecule has 6 nitrogen and oxygen atoms in total. The van der Waals surface area contributed by atoms with Gasteiger partial charge >= 0.3 is 5.97 Å². The van der Waals surface area contributed by atoms with Crippen molar-refractivity contribution in [3.05, 3.63) is 0 Å². The van der Waals surface area contributed by atoms with E-state index in [2.05, 4.69) is 5.32 Å². The van der Waals surface area contributed by atoms with Crippen molar-refractivity contribution in [2.45, 2.75) is 53.5 Å². The fourth-order valence-corrected chi connectivity index (χ4v) is 1.89. The minimum Gasteiger partial charge on any atom is -0.481 e. The van der Waals surface area contributed by atoms with E-state index >= 15 is 0 Å². The lowest BCUT2D eigenvalue weighted by Gasteiger charge is -2.26. The first-order valence-electron chi connectivity index (χ1n) is 7.28. The third-order valence-corrected chi connectivity index (χ3v) is 3.13. The Hall–Kier alpha value is -1.43. The molecule has 0 aliphatic heterocycles. The second-order valence-corrected chi connectivity index (χ2v) is 6.78. The molecule has 0 aromatic rings. The number of Topliss-reactive ketones (excluding diaryl/α,β-unsaturated/α-hetero) is 1. The number of ketones is 1. The third kappa shape index (κ3) is 6.71. The summed E-state index contributed by atoms with van der Waals surface area (Å²) < 4.78 is 0. The van der Waals surface area contributed by atoms with Crippen LogP contribution in [0.3, 0.4) is 0 Å². The van der Waals surface area contributed by atoms with Gasteiger partial charge in [0.15, 0.2) is 5.78 Å². The standard InChI is InChI=1S/C15H28N2O4/c1-9(2)8-11(17-14(21)15(3,4)5)12(18)10(6-7-16)13(19)20/h9-11H,6-8,16H2,1-5H3,(H,17,21)(H,19,20)/t10?,11-/m0/s1. The maximum atomic E-state index is 12.4. The van der Waals surface area contributed by atoms with Gasteiger partial charge in [-0.05, 0) is 25.3 Å². The first kappa shape index (κ1) is 19.6. The number of amides is 1. The summed E-state index contributed by atoms with van der Waals surface area (Å²) in [7, 11) is 0. The van der Waals surface area contributed by atoms with E-state index in [1.807, 2.05) is 13.8 Å². The van der Waals surface area contributed by atoms with Crippen LogP contribution in [0.1, 0.15) is 47.5 Å². The zero-order valence-corrected chi connectivity index (χ0v) is 13.6. The summed E-state index contributed by atoms with van der Waals surface area (Å²) in [4.78, 5) is 35.7. The second kappa shape index (κ2) is 8.12. The van der Waals surface area contributed by atoms with Crippen molar-refractivity contribution in [2.24, 2.45) is 23.0 Å². The average molecular weight is 300 g/mol. The monoisotopic (exact) mass is 300 g/mol. The van der Waals surface area contributed by atoms with Crippen LogP contribution in [0.5, 0.6) is 0 Å². The van der Waals surface area contributed by atoms with Crippen LogP contribution in [0.25, 0.3) is 0 Å². The number of carbonyl (C=O) groups excluding carboxylic acids is 2. The van der Waals surface area contributed by atoms with Crippen LogP contribution < -0.4 is 11.1 Å². The normalized spacial score (nSPS) is 14.6. The van der Waals surface area contributed by atoms with E-state index in [-0.39, 0.29) is 24.8 Å². The van der Waals surface area contributed by atoms with Gasteiger partial charge in [0, 0.05) is 5.41 Å². The molecule has 0 saturated heterocycles. The Morgan fingerprint density at radius 3 is 2.05 bits per heavy atom. The van der Waals surface area contributed by atoms with Crippen LogP contribution >= 0.6 is 0 Å². The molecular weight excluding hydrogens is 272 g/mol. The molecule has 1 unspecified atom stereocenters. The highest BCUT2D eigenvalue weighted by Gasteiger charge is 2.34. The zero-order chi connectivity index (χ0) is 16.8. The van der Waals surface area contributed by atoms with E-state index in [1.165, 1.54) is 0 Å². The van der Waals surface area contributed by atoms with Crippen LogP contribution in [0.2, 0.25) is 0 Å². The molecule has 0 aromatic heterocycles. The largest absolute Gasteiger partial charge is 0.481 e. The van der Waals surface area contributed by atoms with Gasteiger partial charge < -0.3 is 16.2 Å². The molecule has 0 radical (unpaired) electrons. The zero-order valence-electron chi connectivity index (χ0n) is 13.6. The van der Waals surface area contributed by atoms with Crippen molar-refractivity contribution in [1.29, 1.82) is 0 Å². The lowest BCUT2D eigenvalue weighted by Crippen LogP contribution is -2.49. The Bertz CT molecular complexity index is 386. The van der Waals surface area contributed by atoms with Crippen molar-refractivity contribution in [2.75, 3.05) is 6.54 Å². The fourth-order valence-electron chi connectivity index (χ4n) is 1.89. The van der Waals surface area contributed by atoms with Gasteiger partial charge in [0.2, 0.25) is 5.91 Å². The van der Waals surface area contributed by atoms with E-state index < -0.39 is 29.1 Å². The van der Waals surface area contributed by atoms with Crippen LogP contribution in [0, 0.1) is 17.3 Å². The molecular formula is C15H28N2O4. The van der Waals surface area contributed by atoms with Crippen LogP contribution in [-0.4, -0.2) is 35.4 Å². The number of rotatable bonds is 8. The molecule has 0 saturated carbocycles. The fraction of sp³-hybridized carbons (Fsp3) is 0.800. The number of carbonyl (C=O) groups is 3. The summed E-state index contributed by atoms with van der Waals surface area (Å²) in [6, 6.07) is -0.788. The summed E-state index contributed by atoms with van der Waals surface area (Å²) in [5.41, 5.74) is 4.74. The van der Waals surface area contributed by atoms with Crippen molar-refractivity contribution in [3.63, 3.8) is 0 Å². The number of carboxylic acids is 1. The summed E-state index contributed by atoms with van der Waals surface area (Å²) in [5.74, 6) is -2.94. The summed E-state index contributed by atoms with van der Waals surface area (Å²) in [5, 5.41) is 11.9. The van der Waals surface area contributed by atoms with Crippen LogP contribution in [0.4, 0.5) is 0 Å². The number of nitrogens with two attached hydrogens (primary N) is 1. The van der Waals surface area contributed by atoms with Crippen molar-refractivity contribution >= 4 is 17.7 Å². The molecule has 21 heavy (non-hydrogen) atoms. The maximum Gasteiger partial charge on any atom is 0.314 e. The van der Waals surface area contributed by atoms with Gasteiger partial charge in [-0.1, -0.05) is 34.6 Å². The molecule has 0 aliphatic carbocycles. The number of aliphatic carboxylic acids is 1. The van der Waals surface area contributed by atoms with Gasteiger partial charge in [0.1, 0.15) is 5.92 Å². The molecule has 0 spiro atoms. The quantitative estimate of drug-likeness (QED) is 0.583. The highest BCUT2D eigenvalue weighted by atomic mass is 16.4. The van der Waals surface area contributed by atoms with Crippen molar-refractivity contribution in [1.82, 2.24) is 5.32 Å². The summed E-state index contributed by atoms with van der Waals surface area (Å²) in [6.07, 6.45) is 0.489. The topological polar surface area (TPSA) is 109 Å². The molecule has 0 heterocycles. The Morgan fingerprint density at radius 1 is 1.19 bits per heavy atom. The van der Waals surface area contributed by atoms with Gasteiger partial charge in [-0.15, -0.1) is 0 Å². The number of hydrogen-bond donors (Lipinski definition) is 3. The Labute approximate surface area is 126 Å². The van der Waals surface area contributed by atoms with E-state index in [9.17, 15) is 14.4 Å². The number of nitrogens with one attached hydrogen (secondary N) is 1. The third-order valence-electron chi connectivity index (χ3n) is 3.13.